The molecule has 0 spiro atoms. The first-order valence-corrected chi connectivity index (χ1v) is 7.42. The second-order valence-corrected chi connectivity index (χ2v) is 5.78. The molecule has 100 valence electrons. The predicted octanol–water partition coefficient (Wildman–Crippen LogP) is 4.60. The summed E-state index contributed by atoms with van der Waals surface area (Å²) in [7, 11) is 2.15. The Morgan fingerprint density at radius 1 is 1.12 bits per heavy atom. The topological polar surface area (TPSA) is 15.6 Å². The Morgan fingerprint density at radius 3 is 2.41 bits per heavy atom. The summed E-state index contributed by atoms with van der Waals surface area (Å²) in [5, 5.41) is 6.97. The van der Waals surface area contributed by atoms with Gasteiger partial charge >= 0.3 is 0 Å². The zero-order valence-electron chi connectivity index (χ0n) is 12.3. The molecule has 0 N–H and O–H groups in total. The first kappa shape index (κ1) is 14.5. The highest BCUT2D eigenvalue weighted by Crippen LogP contribution is 2.32. The molecule has 0 aliphatic carbocycles. The van der Waals surface area contributed by atoms with E-state index in [1.54, 1.807) is 0 Å². The van der Waals surface area contributed by atoms with Crippen LogP contribution in [0, 0.1) is 0 Å². The lowest BCUT2D eigenvalue weighted by Crippen LogP contribution is -2.36. The van der Waals surface area contributed by atoms with Gasteiger partial charge in [0, 0.05) is 19.2 Å². The van der Waals surface area contributed by atoms with Crippen molar-refractivity contribution in [1.29, 1.82) is 0 Å². The fourth-order valence-corrected chi connectivity index (χ4v) is 2.65. The highest BCUT2D eigenvalue weighted by Gasteiger charge is 2.34. The van der Waals surface area contributed by atoms with Crippen molar-refractivity contribution in [2.24, 2.45) is 5.10 Å². The van der Waals surface area contributed by atoms with Crippen molar-refractivity contribution in [2.45, 2.75) is 84.1 Å². The third-order valence-corrected chi connectivity index (χ3v) is 4.05. The Hall–Kier alpha value is -0.530. The van der Waals surface area contributed by atoms with E-state index in [1.165, 1.54) is 63.5 Å². The normalized spacial score (nSPS) is 24.2. The SMILES string of the molecule is CCCCCC1=NN(C)C(C)(CCCCC)C1. The van der Waals surface area contributed by atoms with Crippen LogP contribution >= 0.6 is 0 Å². The Bertz CT molecular complexity index is 247. The molecule has 0 fully saturated rings. The van der Waals surface area contributed by atoms with E-state index in [1.807, 2.05) is 0 Å². The van der Waals surface area contributed by atoms with Gasteiger partial charge in [0.2, 0.25) is 0 Å². The van der Waals surface area contributed by atoms with Crippen LogP contribution < -0.4 is 0 Å². The van der Waals surface area contributed by atoms with E-state index < -0.39 is 0 Å². The van der Waals surface area contributed by atoms with Crippen molar-refractivity contribution in [3.63, 3.8) is 0 Å². The first-order chi connectivity index (χ1) is 8.12. The number of nitrogens with zero attached hydrogens (tertiary/aromatic N) is 2. The number of hydrazone groups is 1. The molecule has 1 atom stereocenters. The molecule has 1 unspecified atom stereocenters. The van der Waals surface area contributed by atoms with E-state index in [2.05, 4.69) is 32.8 Å². The third-order valence-electron chi connectivity index (χ3n) is 4.05. The summed E-state index contributed by atoms with van der Waals surface area (Å²) in [4.78, 5) is 0. The fourth-order valence-electron chi connectivity index (χ4n) is 2.65. The smallest absolute Gasteiger partial charge is 0.0600 e. The number of unbranched alkanes of at least 4 members (excludes halogenated alkanes) is 4. The molecule has 0 aromatic rings. The van der Waals surface area contributed by atoms with E-state index >= 15 is 0 Å². The molecular weight excluding hydrogens is 208 g/mol. The lowest BCUT2D eigenvalue weighted by Gasteiger charge is -2.31. The van der Waals surface area contributed by atoms with Crippen LogP contribution in [-0.4, -0.2) is 23.3 Å². The average Bonchev–Trinajstić information content (AvgIpc) is 2.56. The largest absolute Gasteiger partial charge is 0.294 e. The number of rotatable bonds is 8. The van der Waals surface area contributed by atoms with Gasteiger partial charge in [-0.15, -0.1) is 0 Å². The van der Waals surface area contributed by atoms with E-state index in [0.717, 1.165) is 0 Å². The molecule has 1 aliphatic rings. The average molecular weight is 238 g/mol. The highest BCUT2D eigenvalue weighted by molar-refractivity contribution is 5.86. The fraction of sp³-hybridized carbons (Fsp3) is 0.933. The highest BCUT2D eigenvalue weighted by atomic mass is 15.5. The molecule has 0 bridgehead atoms. The molecule has 0 aromatic carbocycles. The molecule has 1 aliphatic heterocycles. The molecule has 0 aromatic heterocycles. The molecular formula is C15H30N2. The quantitative estimate of drug-likeness (QED) is 0.564. The monoisotopic (exact) mass is 238 g/mol. The molecule has 2 heteroatoms. The lowest BCUT2D eigenvalue weighted by atomic mass is 9.88. The second kappa shape index (κ2) is 7.03. The van der Waals surface area contributed by atoms with Gasteiger partial charge in [-0.05, 0) is 26.2 Å². The van der Waals surface area contributed by atoms with Gasteiger partial charge in [-0.2, -0.15) is 5.10 Å². The summed E-state index contributed by atoms with van der Waals surface area (Å²) in [6, 6.07) is 0. The van der Waals surface area contributed by atoms with E-state index in [-0.39, 0.29) is 0 Å². The Kier molecular flexibility index (Phi) is 6.01. The summed E-state index contributed by atoms with van der Waals surface area (Å²) >= 11 is 0. The summed E-state index contributed by atoms with van der Waals surface area (Å²) in [5.74, 6) is 0. The summed E-state index contributed by atoms with van der Waals surface area (Å²) in [5.41, 5.74) is 1.73. The predicted molar refractivity (Wildman–Crippen MR) is 76.5 cm³/mol. The van der Waals surface area contributed by atoms with Crippen LogP contribution in [0.4, 0.5) is 0 Å². The zero-order valence-corrected chi connectivity index (χ0v) is 12.3. The molecule has 0 radical (unpaired) electrons. The first-order valence-electron chi connectivity index (χ1n) is 7.42. The Morgan fingerprint density at radius 2 is 1.76 bits per heavy atom. The lowest BCUT2D eigenvalue weighted by molar-refractivity contribution is 0.157. The number of hydrogen-bond acceptors (Lipinski definition) is 2. The van der Waals surface area contributed by atoms with Gasteiger partial charge in [-0.25, -0.2) is 0 Å². The zero-order chi connectivity index (χ0) is 12.7. The van der Waals surface area contributed by atoms with Crippen LogP contribution in [-0.2, 0) is 0 Å². The van der Waals surface area contributed by atoms with Gasteiger partial charge < -0.3 is 0 Å². The second-order valence-electron chi connectivity index (χ2n) is 5.78. The minimum atomic E-state index is 0.302. The molecule has 1 rings (SSSR count). The summed E-state index contributed by atoms with van der Waals surface area (Å²) in [6.07, 6.45) is 11.7. The Labute approximate surface area is 107 Å². The van der Waals surface area contributed by atoms with Gasteiger partial charge in [0.25, 0.3) is 0 Å². The van der Waals surface area contributed by atoms with Crippen molar-refractivity contribution in [3.05, 3.63) is 0 Å². The van der Waals surface area contributed by atoms with Crippen LogP contribution in [0.25, 0.3) is 0 Å². The molecule has 0 amide bonds. The van der Waals surface area contributed by atoms with Crippen molar-refractivity contribution < 1.29 is 0 Å². The molecule has 0 saturated carbocycles. The molecule has 2 nitrogen and oxygen atoms in total. The molecule has 0 saturated heterocycles. The minimum Gasteiger partial charge on any atom is -0.294 e. The van der Waals surface area contributed by atoms with E-state index in [4.69, 9.17) is 5.10 Å². The maximum absolute atomic E-state index is 4.74. The van der Waals surface area contributed by atoms with Crippen LogP contribution in [0.1, 0.15) is 78.6 Å². The summed E-state index contributed by atoms with van der Waals surface area (Å²) in [6.45, 7) is 6.91. The van der Waals surface area contributed by atoms with Gasteiger partial charge in [-0.3, -0.25) is 5.01 Å². The van der Waals surface area contributed by atoms with E-state index in [0.29, 0.717) is 5.54 Å². The van der Waals surface area contributed by atoms with Crippen LogP contribution in [0.2, 0.25) is 0 Å². The van der Waals surface area contributed by atoms with Crippen LogP contribution in [0.5, 0.6) is 0 Å². The van der Waals surface area contributed by atoms with Gasteiger partial charge in [0.05, 0.1) is 5.54 Å². The number of hydrogen-bond donors (Lipinski definition) is 0. The van der Waals surface area contributed by atoms with Crippen molar-refractivity contribution in [3.8, 4) is 0 Å². The Balaban J connectivity index is 2.35. The minimum absolute atomic E-state index is 0.302. The van der Waals surface area contributed by atoms with E-state index in [9.17, 15) is 0 Å². The molecule has 17 heavy (non-hydrogen) atoms. The maximum atomic E-state index is 4.74. The van der Waals surface area contributed by atoms with Crippen molar-refractivity contribution in [1.82, 2.24) is 5.01 Å². The van der Waals surface area contributed by atoms with Gasteiger partial charge in [0.15, 0.2) is 0 Å². The maximum Gasteiger partial charge on any atom is 0.0600 e. The molecule has 1 heterocycles. The van der Waals surface area contributed by atoms with Crippen LogP contribution in [0.3, 0.4) is 0 Å². The van der Waals surface area contributed by atoms with Gasteiger partial charge in [-0.1, -0.05) is 46.0 Å². The van der Waals surface area contributed by atoms with Gasteiger partial charge in [0.1, 0.15) is 0 Å². The van der Waals surface area contributed by atoms with Crippen molar-refractivity contribution >= 4 is 5.71 Å². The summed E-state index contributed by atoms with van der Waals surface area (Å²) < 4.78 is 0. The standard InChI is InChI=1S/C15H30N2/c1-5-7-9-11-14-13-15(3,17(4)16-14)12-10-8-6-2/h5-13H2,1-4H3. The third kappa shape index (κ3) is 4.33. The van der Waals surface area contributed by atoms with Crippen molar-refractivity contribution in [2.75, 3.05) is 7.05 Å². The van der Waals surface area contributed by atoms with Crippen LogP contribution in [0.15, 0.2) is 5.10 Å².